The smallest absolute Gasteiger partial charge is 0.212 e. The van der Waals surface area contributed by atoms with E-state index in [4.69, 9.17) is 19.9 Å². The van der Waals surface area contributed by atoms with E-state index in [0.29, 0.717) is 36.5 Å². The van der Waals surface area contributed by atoms with E-state index in [9.17, 15) is 0 Å². The minimum atomic E-state index is 0.381. The van der Waals surface area contributed by atoms with Crippen LogP contribution in [-0.2, 0) is 13.2 Å². The Balaban J connectivity index is 1.52. The van der Waals surface area contributed by atoms with Gasteiger partial charge in [0.1, 0.15) is 6.61 Å². The molecule has 4 aromatic rings. The molecule has 0 bridgehead atoms. The fourth-order valence-electron chi connectivity index (χ4n) is 3.15. The van der Waals surface area contributed by atoms with Crippen LogP contribution in [0.25, 0.3) is 11.0 Å². The van der Waals surface area contributed by atoms with Gasteiger partial charge in [-0.2, -0.15) is 0 Å². The van der Waals surface area contributed by atoms with Crippen molar-refractivity contribution in [2.45, 2.75) is 13.2 Å². The molecule has 0 radical (unpaired) electrons. The summed E-state index contributed by atoms with van der Waals surface area (Å²) < 4.78 is 18.5. The Morgan fingerprint density at radius 3 is 2.52 bits per heavy atom. The highest BCUT2D eigenvalue weighted by atomic mass is 16.5. The third kappa shape index (κ3) is 3.94. The average molecular weight is 390 g/mol. The molecule has 0 unspecified atom stereocenters. The van der Waals surface area contributed by atoms with Gasteiger partial charge >= 0.3 is 0 Å². The number of aromatic nitrogens is 3. The van der Waals surface area contributed by atoms with Gasteiger partial charge in [-0.3, -0.25) is 0 Å². The molecular weight excluding hydrogens is 368 g/mol. The predicted molar refractivity (Wildman–Crippen MR) is 111 cm³/mol. The summed E-state index contributed by atoms with van der Waals surface area (Å²) in [5.74, 6) is 2.38. The van der Waals surface area contributed by atoms with E-state index in [1.807, 2.05) is 53.1 Å². The zero-order valence-corrected chi connectivity index (χ0v) is 16.3. The highest BCUT2D eigenvalue weighted by Gasteiger charge is 2.11. The van der Waals surface area contributed by atoms with Crippen LogP contribution >= 0.6 is 0 Å². The number of benzene rings is 2. The van der Waals surface area contributed by atoms with Gasteiger partial charge in [0.15, 0.2) is 11.5 Å². The van der Waals surface area contributed by atoms with Crippen LogP contribution in [0.3, 0.4) is 0 Å². The summed E-state index contributed by atoms with van der Waals surface area (Å²) in [4.78, 5) is 8.60. The van der Waals surface area contributed by atoms with Crippen LogP contribution in [0.2, 0.25) is 0 Å². The van der Waals surface area contributed by atoms with Crippen molar-refractivity contribution in [2.75, 3.05) is 20.0 Å². The molecule has 4 rings (SSSR count). The van der Waals surface area contributed by atoms with E-state index >= 15 is 0 Å². The highest BCUT2D eigenvalue weighted by Crippen LogP contribution is 2.30. The molecule has 2 heterocycles. The van der Waals surface area contributed by atoms with Gasteiger partial charge in [0, 0.05) is 17.8 Å². The summed E-state index contributed by atoms with van der Waals surface area (Å²) in [6.45, 7) is 0.969. The van der Waals surface area contributed by atoms with Crippen molar-refractivity contribution in [1.82, 2.24) is 14.5 Å². The summed E-state index contributed by atoms with van der Waals surface area (Å²) >= 11 is 0. The van der Waals surface area contributed by atoms with Gasteiger partial charge in [-0.25, -0.2) is 9.97 Å². The first kappa shape index (κ1) is 18.6. The number of hydrogen-bond donors (Lipinski definition) is 1. The van der Waals surface area contributed by atoms with Crippen LogP contribution in [0.15, 0.2) is 60.8 Å². The monoisotopic (exact) mass is 390 g/mol. The van der Waals surface area contributed by atoms with E-state index < -0.39 is 0 Å². The topological polar surface area (TPSA) is 84.4 Å². The first-order valence-corrected chi connectivity index (χ1v) is 9.17. The quantitative estimate of drug-likeness (QED) is 0.518. The summed E-state index contributed by atoms with van der Waals surface area (Å²) in [6, 6.07) is 17.5. The molecule has 7 nitrogen and oxygen atoms in total. The van der Waals surface area contributed by atoms with E-state index in [1.165, 1.54) is 0 Å². The summed E-state index contributed by atoms with van der Waals surface area (Å²) in [6.07, 6.45) is 1.73. The van der Waals surface area contributed by atoms with Crippen LogP contribution in [0.1, 0.15) is 11.1 Å². The summed E-state index contributed by atoms with van der Waals surface area (Å²) in [7, 11) is 3.22. The van der Waals surface area contributed by atoms with Crippen molar-refractivity contribution >= 4 is 17.0 Å². The molecule has 0 atom stereocenters. The molecule has 2 N–H and O–H groups in total. The van der Waals surface area contributed by atoms with Gasteiger partial charge in [-0.05, 0) is 35.9 Å². The molecule has 29 heavy (non-hydrogen) atoms. The largest absolute Gasteiger partial charge is 0.493 e. The lowest BCUT2D eigenvalue weighted by atomic mass is 10.2. The molecule has 0 aliphatic rings. The van der Waals surface area contributed by atoms with Crippen LogP contribution in [-0.4, -0.2) is 28.8 Å². The number of anilines is 1. The first-order chi connectivity index (χ1) is 14.2. The lowest BCUT2D eigenvalue weighted by molar-refractivity contribution is 0.283. The second-order valence-corrected chi connectivity index (χ2v) is 6.53. The standard InChI is InChI=1S/C22H22N4O3/c1-27-20-11-15(13-26-18-6-4-3-5-17(18)25-22(26)23)7-9-19(20)29-14-16-8-10-21(28-2)24-12-16/h3-12H,13-14H2,1-2H3,(H2,23,25). The summed E-state index contributed by atoms with van der Waals surface area (Å²) in [5.41, 5.74) is 9.97. The Bertz CT molecular complexity index is 1120. The lowest BCUT2D eigenvalue weighted by Gasteiger charge is -2.13. The number of pyridine rings is 1. The molecule has 0 aliphatic heterocycles. The molecule has 0 saturated carbocycles. The van der Waals surface area contributed by atoms with Crippen molar-refractivity contribution in [3.8, 4) is 17.4 Å². The molecular formula is C22H22N4O3. The highest BCUT2D eigenvalue weighted by molar-refractivity contribution is 5.78. The predicted octanol–water partition coefficient (Wildman–Crippen LogP) is 3.66. The van der Waals surface area contributed by atoms with E-state index in [-0.39, 0.29) is 0 Å². The average Bonchev–Trinajstić information content (AvgIpc) is 3.08. The normalized spacial score (nSPS) is 10.8. The SMILES string of the molecule is COc1ccc(COc2ccc(Cn3c(N)nc4ccccc43)cc2OC)cn1. The van der Waals surface area contributed by atoms with Gasteiger partial charge in [0.2, 0.25) is 11.8 Å². The van der Waals surface area contributed by atoms with Crippen LogP contribution in [0, 0.1) is 0 Å². The van der Waals surface area contributed by atoms with E-state index in [1.54, 1.807) is 26.5 Å². The maximum absolute atomic E-state index is 6.12. The van der Waals surface area contributed by atoms with E-state index in [0.717, 1.165) is 22.2 Å². The number of fused-ring (bicyclic) bond motifs is 1. The number of para-hydroxylation sites is 2. The van der Waals surface area contributed by atoms with Crippen LogP contribution in [0.4, 0.5) is 5.95 Å². The number of ether oxygens (including phenoxy) is 3. The molecule has 0 saturated heterocycles. The molecule has 0 fully saturated rings. The van der Waals surface area contributed by atoms with Gasteiger partial charge in [-0.15, -0.1) is 0 Å². The Labute approximate surface area is 168 Å². The molecule has 0 spiro atoms. The Kier molecular flexibility index (Phi) is 5.20. The van der Waals surface area contributed by atoms with Crippen LogP contribution in [0.5, 0.6) is 17.4 Å². The third-order valence-corrected chi connectivity index (χ3v) is 4.65. The minimum absolute atomic E-state index is 0.381. The third-order valence-electron chi connectivity index (χ3n) is 4.65. The van der Waals surface area contributed by atoms with Crippen molar-refractivity contribution in [3.63, 3.8) is 0 Å². The number of rotatable bonds is 7. The lowest BCUT2D eigenvalue weighted by Crippen LogP contribution is -2.05. The van der Waals surface area contributed by atoms with Crippen molar-refractivity contribution in [3.05, 3.63) is 71.9 Å². The number of nitrogens with zero attached hydrogens (tertiary/aromatic N) is 3. The molecule has 0 amide bonds. The van der Waals surface area contributed by atoms with Crippen molar-refractivity contribution < 1.29 is 14.2 Å². The van der Waals surface area contributed by atoms with Gasteiger partial charge in [0.25, 0.3) is 0 Å². The molecule has 7 heteroatoms. The van der Waals surface area contributed by atoms with Crippen molar-refractivity contribution in [2.24, 2.45) is 0 Å². The number of methoxy groups -OCH3 is 2. The summed E-state index contributed by atoms with van der Waals surface area (Å²) in [5, 5.41) is 0. The van der Waals surface area contributed by atoms with Gasteiger partial charge < -0.3 is 24.5 Å². The second kappa shape index (κ2) is 8.10. The van der Waals surface area contributed by atoms with Gasteiger partial charge in [0.05, 0.1) is 31.8 Å². The molecule has 148 valence electrons. The Morgan fingerprint density at radius 2 is 1.76 bits per heavy atom. The maximum atomic E-state index is 6.12. The van der Waals surface area contributed by atoms with Gasteiger partial charge in [-0.1, -0.05) is 18.2 Å². The number of nitrogen functional groups attached to an aromatic ring is 1. The number of hydrogen-bond acceptors (Lipinski definition) is 6. The minimum Gasteiger partial charge on any atom is -0.493 e. The van der Waals surface area contributed by atoms with Crippen molar-refractivity contribution in [1.29, 1.82) is 0 Å². The Morgan fingerprint density at radius 1 is 0.931 bits per heavy atom. The zero-order chi connectivity index (χ0) is 20.2. The molecule has 2 aromatic heterocycles. The molecule has 2 aromatic carbocycles. The number of imidazole rings is 1. The zero-order valence-electron chi connectivity index (χ0n) is 16.3. The second-order valence-electron chi connectivity index (χ2n) is 6.53. The number of nitrogens with two attached hydrogens (primary N) is 1. The fraction of sp³-hybridized carbons (Fsp3) is 0.182. The molecule has 0 aliphatic carbocycles. The fourth-order valence-corrected chi connectivity index (χ4v) is 3.15. The van der Waals surface area contributed by atoms with E-state index in [2.05, 4.69) is 9.97 Å². The Hall–Kier alpha value is -3.74. The maximum Gasteiger partial charge on any atom is 0.212 e. The van der Waals surface area contributed by atoms with Crippen LogP contribution < -0.4 is 19.9 Å². The first-order valence-electron chi connectivity index (χ1n) is 9.17.